The highest BCUT2D eigenvalue weighted by Gasteiger charge is 2.41. The Morgan fingerprint density at radius 2 is 1.70 bits per heavy atom. The molecular formula is C22H32N2O3. The number of unbranched alkanes of at least 4 members (excludes halogenated alkanes) is 3. The Morgan fingerprint density at radius 1 is 1.07 bits per heavy atom. The average molecular weight is 373 g/mol. The van der Waals surface area contributed by atoms with Crippen LogP contribution in [0.4, 0.5) is 5.69 Å². The maximum absolute atomic E-state index is 12.6. The number of benzene rings is 1. The Morgan fingerprint density at radius 3 is 2.22 bits per heavy atom. The SMILES string of the molecule is CCCCCCN1C(=O)C(O)=C(C(C)=O)C1c1ccc(N(CC)CC)cc1. The standard InChI is InChI=1S/C22H32N2O3/c1-5-8-9-10-15-24-20(19(16(4)25)21(26)22(24)27)17-11-13-18(14-12-17)23(6-2)7-3/h11-14,20,26H,5-10,15H2,1-4H3. The summed E-state index contributed by atoms with van der Waals surface area (Å²) in [4.78, 5) is 28.7. The van der Waals surface area contributed by atoms with Gasteiger partial charge in [-0.1, -0.05) is 38.3 Å². The zero-order chi connectivity index (χ0) is 20.0. The maximum atomic E-state index is 12.6. The molecule has 1 aromatic rings. The predicted octanol–water partition coefficient (Wildman–Crippen LogP) is 4.40. The average Bonchev–Trinajstić information content (AvgIpc) is 2.91. The Hall–Kier alpha value is -2.30. The van der Waals surface area contributed by atoms with Gasteiger partial charge < -0.3 is 14.9 Å². The highest BCUT2D eigenvalue weighted by Crippen LogP contribution is 2.38. The number of hydrogen-bond donors (Lipinski definition) is 1. The Balaban J connectivity index is 2.32. The molecule has 1 aliphatic heterocycles. The molecule has 27 heavy (non-hydrogen) atoms. The number of hydrogen-bond acceptors (Lipinski definition) is 4. The molecule has 1 heterocycles. The van der Waals surface area contributed by atoms with Gasteiger partial charge in [0.05, 0.1) is 11.6 Å². The molecule has 5 nitrogen and oxygen atoms in total. The van der Waals surface area contributed by atoms with Gasteiger partial charge in [-0.05, 0) is 44.9 Å². The number of anilines is 1. The van der Waals surface area contributed by atoms with E-state index in [9.17, 15) is 14.7 Å². The summed E-state index contributed by atoms with van der Waals surface area (Å²) in [7, 11) is 0. The fourth-order valence-corrected chi connectivity index (χ4v) is 3.76. The lowest BCUT2D eigenvalue weighted by Crippen LogP contribution is -2.32. The molecule has 1 N–H and O–H groups in total. The van der Waals surface area contributed by atoms with Crippen molar-refractivity contribution in [1.82, 2.24) is 4.90 Å². The van der Waals surface area contributed by atoms with E-state index in [0.717, 1.165) is 50.0 Å². The third-order valence-electron chi connectivity index (χ3n) is 5.27. The maximum Gasteiger partial charge on any atom is 0.290 e. The van der Waals surface area contributed by atoms with E-state index in [1.807, 2.05) is 24.3 Å². The van der Waals surface area contributed by atoms with Crippen molar-refractivity contribution in [3.63, 3.8) is 0 Å². The number of amides is 1. The monoisotopic (exact) mass is 372 g/mol. The van der Waals surface area contributed by atoms with Crippen LogP contribution in [-0.2, 0) is 9.59 Å². The van der Waals surface area contributed by atoms with Crippen molar-refractivity contribution >= 4 is 17.4 Å². The first-order valence-corrected chi connectivity index (χ1v) is 10.1. The minimum absolute atomic E-state index is 0.214. The Kier molecular flexibility index (Phi) is 7.45. The molecule has 0 spiro atoms. The molecule has 1 atom stereocenters. The van der Waals surface area contributed by atoms with Crippen LogP contribution in [0.15, 0.2) is 35.6 Å². The van der Waals surface area contributed by atoms with Gasteiger partial charge in [-0.3, -0.25) is 9.59 Å². The molecule has 5 heteroatoms. The number of carbonyl (C=O) groups is 2. The summed E-state index contributed by atoms with van der Waals surface area (Å²) in [6.07, 6.45) is 4.13. The van der Waals surface area contributed by atoms with Crippen LogP contribution >= 0.6 is 0 Å². The molecule has 0 aromatic heterocycles. The van der Waals surface area contributed by atoms with Gasteiger partial charge >= 0.3 is 0 Å². The van der Waals surface area contributed by atoms with E-state index >= 15 is 0 Å². The van der Waals surface area contributed by atoms with Crippen molar-refractivity contribution in [2.75, 3.05) is 24.5 Å². The summed E-state index contributed by atoms with van der Waals surface area (Å²) in [5, 5.41) is 10.3. The molecule has 1 aliphatic rings. The Bertz CT molecular complexity index is 690. The number of aliphatic hydroxyl groups excluding tert-OH is 1. The smallest absolute Gasteiger partial charge is 0.290 e. The zero-order valence-electron chi connectivity index (χ0n) is 17.0. The summed E-state index contributed by atoms with van der Waals surface area (Å²) < 4.78 is 0. The lowest BCUT2D eigenvalue weighted by Gasteiger charge is -2.27. The molecule has 0 bridgehead atoms. The lowest BCUT2D eigenvalue weighted by atomic mass is 9.96. The van der Waals surface area contributed by atoms with E-state index in [2.05, 4.69) is 25.7 Å². The van der Waals surface area contributed by atoms with Crippen LogP contribution in [0.1, 0.15) is 65.0 Å². The van der Waals surface area contributed by atoms with Gasteiger partial charge in [0.1, 0.15) is 0 Å². The lowest BCUT2D eigenvalue weighted by molar-refractivity contribution is -0.129. The molecule has 0 saturated heterocycles. The third-order valence-corrected chi connectivity index (χ3v) is 5.27. The summed E-state index contributed by atoms with van der Waals surface area (Å²) in [5.74, 6) is -1.08. The van der Waals surface area contributed by atoms with E-state index in [1.54, 1.807) is 4.90 Å². The van der Waals surface area contributed by atoms with E-state index in [0.29, 0.717) is 6.54 Å². The second kappa shape index (κ2) is 9.58. The molecule has 1 aromatic carbocycles. The van der Waals surface area contributed by atoms with Crippen LogP contribution in [0.25, 0.3) is 0 Å². The van der Waals surface area contributed by atoms with Gasteiger partial charge in [-0.15, -0.1) is 0 Å². The van der Waals surface area contributed by atoms with E-state index in [4.69, 9.17) is 0 Å². The number of Topliss-reactive ketones (excluding diaryl/α,β-unsaturated/α-hetero) is 1. The van der Waals surface area contributed by atoms with Crippen molar-refractivity contribution < 1.29 is 14.7 Å². The predicted molar refractivity (Wildman–Crippen MR) is 109 cm³/mol. The van der Waals surface area contributed by atoms with Crippen LogP contribution in [0, 0.1) is 0 Å². The normalized spacial score (nSPS) is 17.0. The van der Waals surface area contributed by atoms with Crippen LogP contribution in [0.2, 0.25) is 0 Å². The minimum atomic E-state index is -0.498. The number of ketones is 1. The van der Waals surface area contributed by atoms with Crippen molar-refractivity contribution in [1.29, 1.82) is 0 Å². The van der Waals surface area contributed by atoms with Crippen LogP contribution in [-0.4, -0.2) is 41.3 Å². The summed E-state index contributed by atoms with van der Waals surface area (Å²) >= 11 is 0. The van der Waals surface area contributed by atoms with Crippen molar-refractivity contribution in [2.24, 2.45) is 0 Å². The van der Waals surface area contributed by atoms with Gasteiger partial charge in [-0.2, -0.15) is 0 Å². The second-order valence-corrected chi connectivity index (χ2v) is 7.04. The molecule has 148 valence electrons. The fraction of sp³-hybridized carbons (Fsp3) is 0.545. The van der Waals surface area contributed by atoms with E-state index < -0.39 is 17.7 Å². The van der Waals surface area contributed by atoms with Crippen molar-refractivity contribution in [3.05, 3.63) is 41.2 Å². The van der Waals surface area contributed by atoms with E-state index in [1.165, 1.54) is 6.92 Å². The fourth-order valence-electron chi connectivity index (χ4n) is 3.76. The van der Waals surface area contributed by atoms with Gasteiger partial charge in [0, 0.05) is 25.3 Å². The van der Waals surface area contributed by atoms with Gasteiger partial charge in [0.15, 0.2) is 11.5 Å². The summed E-state index contributed by atoms with van der Waals surface area (Å²) in [6.45, 7) is 10.2. The molecular weight excluding hydrogens is 340 g/mol. The molecule has 1 unspecified atom stereocenters. The highest BCUT2D eigenvalue weighted by atomic mass is 16.3. The topological polar surface area (TPSA) is 60.9 Å². The quantitative estimate of drug-likeness (QED) is 0.619. The third kappa shape index (κ3) is 4.52. The van der Waals surface area contributed by atoms with Gasteiger partial charge in [-0.25, -0.2) is 0 Å². The van der Waals surface area contributed by atoms with Crippen molar-refractivity contribution in [3.8, 4) is 0 Å². The molecule has 0 radical (unpaired) electrons. The summed E-state index contributed by atoms with van der Waals surface area (Å²) in [5.41, 5.74) is 2.19. The van der Waals surface area contributed by atoms with Crippen LogP contribution < -0.4 is 4.90 Å². The first-order chi connectivity index (χ1) is 13.0. The van der Waals surface area contributed by atoms with Crippen molar-refractivity contribution in [2.45, 2.75) is 59.4 Å². The number of nitrogens with zero attached hydrogens (tertiary/aromatic N) is 2. The van der Waals surface area contributed by atoms with Crippen LogP contribution in [0.3, 0.4) is 0 Å². The second-order valence-electron chi connectivity index (χ2n) is 7.04. The first-order valence-electron chi connectivity index (χ1n) is 10.1. The van der Waals surface area contributed by atoms with E-state index in [-0.39, 0.29) is 11.4 Å². The largest absolute Gasteiger partial charge is 0.503 e. The summed E-state index contributed by atoms with van der Waals surface area (Å²) in [6, 6.07) is 7.48. The highest BCUT2D eigenvalue weighted by molar-refractivity contribution is 6.08. The molecule has 0 aliphatic carbocycles. The van der Waals surface area contributed by atoms with Crippen LogP contribution in [0.5, 0.6) is 0 Å². The molecule has 0 fully saturated rings. The Labute approximate surface area is 162 Å². The van der Waals surface area contributed by atoms with Gasteiger partial charge in [0.2, 0.25) is 0 Å². The zero-order valence-corrected chi connectivity index (χ0v) is 17.0. The molecule has 2 rings (SSSR count). The van der Waals surface area contributed by atoms with Gasteiger partial charge in [0.25, 0.3) is 5.91 Å². The first kappa shape index (κ1) is 21.0. The molecule has 1 amide bonds. The number of rotatable bonds is 10. The number of aliphatic hydroxyl groups is 1. The molecule has 0 saturated carbocycles. The minimum Gasteiger partial charge on any atom is -0.503 e. The number of carbonyl (C=O) groups excluding carboxylic acids is 2.